The van der Waals surface area contributed by atoms with Crippen LogP contribution in [0.5, 0.6) is 0 Å². The maximum absolute atomic E-state index is 12.3. The highest BCUT2D eigenvalue weighted by Crippen LogP contribution is 2.15. The predicted molar refractivity (Wildman–Crippen MR) is 94.9 cm³/mol. The van der Waals surface area contributed by atoms with Gasteiger partial charge in [-0.1, -0.05) is 30.3 Å². The van der Waals surface area contributed by atoms with Gasteiger partial charge in [0, 0.05) is 36.6 Å². The van der Waals surface area contributed by atoms with Crippen LogP contribution < -0.4 is 10.6 Å². The third-order valence-corrected chi connectivity index (χ3v) is 4.91. The standard InChI is InChI=1S/C17H22N4OS/c1-13-9-16(19-17(22)10-15-12-23-8-7-18-15)21(20-13)11-14-5-3-2-4-6-14/h2-6,9,15,18H,7-8,10-12H2,1H3,(H,19,22). The Bertz CT molecular complexity index is 650. The summed E-state index contributed by atoms with van der Waals surface area (Å²) < 4.78 is 1.85. The first kappa shape index (κ1) is 16.1. The van der Waals surface area contributed by atoms with E-state index in [0.29, 0.717) is 13.0 Å². The molecule has 2 N–H and O–H groups in total. The monoisotopic (exact) mass is 330 g/mol. The first-order chi connectivity index (χ1) is 11.2. The summed E-state index contributed by atoms with van der Waals surface area (Å²) in [6.45, 7) is 3.58. The van der Waals surface area contributed by atoms with Crippen molar-refractivity contribution in [1.82, 2.24) is 15.1 Å². The Morgan fingerprint density at radius 2 is 2.26 bits per heavy atom. The van der Waals surface area contributed by atoms with E-state index in [1.807, 2.05) is 47.6 Å². The lowest BCUT2D eigenvalue weighted by Crippen LogP contribution is -2.40. The van der Waals surface area contributed by atoms with Crippen molar-refractivity contribution in [3.63, 3.8) is 0 Å². The average Bonchev–Trinajstić information content (AvgIpc) is 2.88. The quantitative estimate of drug-likeness (QED) is 0.883. The second-order valence-electron chi connectivity index (χ2n) is 5.79. The lowest BCUT2D eigenvalue weighted by Gasteiger charge is -2.22. The van der Waals surface area contributed by atoms with Gasteiger partial charge in [-0.2, -0.15) is 16.9 Å². The number of nitrogens with one attached hydrogen (secondary N) is 2. The molecule has 1 aromatic carbocycles. The van der Waals surface area contributed by atoms with Gasteiger partial charge in [-0.15, -0.1) is 0 Å². The van der Waals surface area contributed by atoms with Crippen molar-refractivity contribution in [2.45, 2.75) is 25.9 Å². The molecule has 1 unspecified atom stereocenters. The maximum atomic E-state index is 12.3. The van der Waals surface area contributed by atoms with Gasteiger partial charge in [0.15, 0.2) is 0 Å². The summed E-state index contributed by atoms with van der Waals surface area (Å²) in [6, 6.07) is 12.3. The molecule has 6 heteroatoms. The number of hydrogen-bond donors (Lipinski definition) is 2. The molecule has 0 bridgehead atoms. The van der Waals surface area contributed by atoms with E-state index in [1.165, 1.54) is 0 Å². The second kappa shape index (κ2) is 7.66. The Hall–Kier alpha value is -1.79. The fraction of sp³-hybridized carbons (Fsp3) is 0.412. The van der Waals surface area contributed by atoms with Crippen LogP contribution in [0.25, 0.3) is 0 Å². The van der Waals surface area contributed by atoms with Crippen LogP contribution in [-0.2, 0) is 11.3 Å². The highest BCUT2D eigenvalue weighted by molar-refractivity contribution is 7.99. The summed E-state index contributed by atoms with van der Waals surface area (Å²) >= 11 is 1.90. The Morgan fingerprint density at radius 1 is 1.43 bits per heavy atom. The molecule has 3 rings (SSSR count). The predicted octanol–water partition coefficient (Wildman–Crippen LogP) is 2.27. The number of carbonyl (C=O) groups is 1. The van der Waals surface area contributed by atoms with Gasteiger partial charge in [-0.05, 0) is 12.5 Å². The summed E-state index contributed by atoms with van der Waals surface area (Å²) in [4.78, 5) is 12.3. The van der Waals surface area contributed by atoms with E-state index in [9.17, 15) is 4.79 Å². The van der Waals surface area contributed by atoms with E-state index in [1.54, 1.807) is 0 Å². The van der Waals surface area contributed by atoms with Crippen LogP contribution in [0.15, 0.2) is 36.4 Å². The lowest BCUT2D eigenvalue weighted by molar-refractivity contribution is -0.116. The fourth-order valence-electron chi connectivity index (χ4n) is 2.69. The Morgan fingerprint density at radius 3 is 3.00 bits per heavy atom. The van der Waals surface area contributed by atoms with Crippen LogP contribution in [0.2, 0.25) is 0 Å². The zero-order valence-electron chi connectivity index (χ0n) is 13.3. The largest absolute Gasteiger partial charge is 0.312 e. The van der Waals surface area contributed by atoms with Crippen LogP contribution in [0.4, 0.5) is 5.82 Å². The number of anilines is 1. The average molecular weight is 330 g/mol. The second-order valence-corrected chi connectivity index (χ2v) is 6.94. The van der Waals surface area contributed by atoms with E-state index >= 15 is 0 Å². The number of carbonyl (C=O) groups excluding carboxylic acids is 1. The van der Waals surface area contributed by atoms with Crippen LogP contribution in [0.3, 0.4) is 0 Å². The normalized spacial score (nSPS) is 17.9. The highest BCUT2D eigenvalue weighted by atomic mass is 32.2. The van der Waals surface area contributed by atoms with Gasteiger partial charge in [0.25, 0.3) is 0 Å². The van der Waals surface area contributed by atoms with Crippen molar-refractivity contribution in [3.8, 4) is 0 Å². The lowest BCUT2D eigenvalue weighted by atomic mass is 10.2. The van der Waals surface area contributed by atoms with Gasteiger partial charge in [0.05, 0.1) is 12.2 Å². The highest BCUT2D eigenvalue weighted by Gasteiger charge is 2.18. The van der Waals surface area contributed by atoms with Crippen LogP contribution in [0.1, 0.15) is 17.7 Å². The van der Waals surface area contributed by atoms with Gasteiger partial charge in [0.1, 0.15) is 5.82 Å². The molecule has 0 spiro atoms. The van der Waals surface area contributed by atoms with E-state index in [2.05, 4.69) is 27.9 Å². The molecule has 1 amide bonds. The summed E-state index contributed by atoms with van der Waals surface area (Å²) in [5, 5.41) is 10.9. The molecule has 1 fully saturated rings. The SMILES string of the molecule is Cc1cc(NC(=O)CC2CSCCN2)n(Cc2ccccc2)n1. The van der Waals surface area contributed by atoms with Crippen molar-refractivity contribution < 1.29 is 4.79 Å². The summed E-state index contributed by atoms with van der Waals surface area (Å²) in [6.07, 6.45) is 0.503. The Kier molecular flexibility index (Phi) is 5.35. The van der Waals surface area contributed by atoms with E-state index < -0.39 is 0 Å². The number of benzene rings is 1. The van der Waals surface area contributed by atoms with Crippen molar-refractivity contribution in [2.24, 2.45) is 0 Å². The minimum Gasteiger partial charge on any atom is -0.312 e. The van der Waals surface area contributed by atoms with E-state index in [4.69, 9.17) is 0 Å². The van der Waals surface area contributed by atoms with Crippen molar-refractivity contribution in [3.05, 3.63) is 47.7 Å². The number of amides is 1. The first-order valence-electron chi connectivity index (χ1n) is 7.90. The molecule has 1 atom stereocenters. The van der Waals surface area contributed by atoms with Gasteiger partial charge < -0.3 is 10.6 Å². The third-order valence-electron chi connectivity index (χ3n) is 3.78. The summed E-state index contributed by atoms with van der Waals surface area (Å²) in [5.74, 6) is 2.93. The van der Waals surface area contributed by atoms with Crippen molar-refractivity contribution >= 4 is 23.5 Å². The van der Waals surface area contributed by atoms with Gasteiger partial charge in [-0.3, -0.25) is 4.79 Å². The topological polar surface area (TPSA) is 59.0 Å². The van der Waals surface area contributed by atoms with Crippen molar-refractivity contribution in [1.29, 1.82) is 0 Å². The van der Waals surface area contributed by atoms with Gasteiger partial charge in [0.2, 0.25) is 5.91 Å². The van der Waals surface area contributed by atoms with Crippen molar-refractivity contribution in [2.75, 3.05) is 23.4 Å². The van der Waals surface area contributed by atoms with E-state index in [0.717, 1.165) is 35.1 Å². The molecular formula is C17H22N4OS. The number of thioether (sulfide) groups is 1. The summed E-state index contributed by atoms with van der Waals surface area (Å²) in [7, 11) is 0. The molecule has 2 heterocycles. The van der Waals surface area contributed by atoms with E-state index in [-0.39, 0.29) is 11.9 Å². The molecular weight excluding hydrogens is 308 g/mol. The maximum Gasteiger partial charge on any atom is 0.227 e. The summed E-state index contributed by atoms with van der Waals surface area (Å²) in [5.41, 5.74) is 2.07. The first-order valence-corrected chi connectivity index (χ1v) is 9.05. The smallest absolute Gasteiger partial charge is 0.227 e. The Labute approximate surface area is 140 Å². The molecule has 0 aliphatic carbocycles. The number of hydrogen-bond acceptors (Lipinski definition) is 4. The molecule has 122 valence electrons. The number of aromatic nitrogens is 2. The molecule has 2 aromatic rings. The number of aryl methyl sites for hydroxylation is 1. The van der Waals surface area contributed by atoms with Crippen LogP contribution in [0, 0.1) is 6.92 Å². The molecule has 5 nitrogen and oxygen atoms in total. The minimum absolute atomic E-state index is 0.0409. The fourth-order valence-corrected chi connectivity index (χ4v) is 3.64. The molecule has 0 radical (unpaired) electrons. The zero-order chi connectivity index (χ0) is 16.1. The Balaban J connectivity index is 1.64. The minimum atomic E-state index is 0.0409. The van der Waals surface area contributed by atoms with Gasteiger partial charge in [-0.25, -0.2) is 4.68 Å². The van der Waals surface area contributed by atoms with Gasteiger partial charge >= 0.3 is 0 Å². The number of rotatable bonds is 5. The molecule has 1 aliphatic heterocycles. The third kappa shape index (κ3) is 4.59. The molecule has 23 heavy (non-hydrogen) atoms. The number of nitrogens with zero attached hydrogens (tertiary/aromatic N) is 2. The zero-order valence-corrected chi connectivity index (χ0v) is 14.1. The van der Waals surface area contributed by atoms with Crippen LogP contribution in [-0.4, -0.2) is 39.8 Å². The molecule has 1 aromatic heterocycles. The molecule has 0 saturated carbocycles. The molecule has 1 aliphatic rings. The van der Waals surface area contributed by atoms with Crippen LogP contribution >= 0.6 is 11.8 Å². The molecule has 1 saturated heterocycles.